The van der Waals surface area contributed by atoms with Crippen molar-refractivity contribution in [1.29, 1.82) is 0 Å². The predicted octanol–water partition coefficient (Wildman–Crippen LogP) is 2.85. The molecule has 142 valence electrons. The number of pyridine rings is 1. The zero-order chi connectivity index (χ0) is 19.2. The number of carbonyl (C=O) groups is 2. The van der Waals surface area contributed by atoms with Gasteiger partial charge in [-0.15, -0.1) is 0 Å². The quantitative estimate of drug-likeness (QED) is 0.787. The molecule has 27 heavy (non-hydrogen) atoms. The normalized spacial score (nSPS) is 14.7. The van der Waals surface area contributed by atoms with Crippen molar-refractivity contribution in [3.05, 3.63) is 53.4 Å². The van der Waals surface area contributed by atoms with Gasteiger partial charge in [0, 0.05) is 31.5 Å². The molecule has 0 spiro atoms. The van der Waals surface area contributed by atoms with E-state index in [-0.39, 0.29) is 10.7 Å². The van der Waals surface area contributed by atoms with E-state index in [1.54, 1.807) is 6.20 Å². The second kappa shape index (κ2) is 8.81. The number of carbonyl (C=O) groups excluding carboxylic acids is 2. The van der Waals surface area contributed by atoms with Gasteiger partial charge >= 0.3 is 11.8 Å². The SMILES string of the molecule is O=C(NCC1CCN(c2ccccn2)CC1)C(=O)Nc1ccc(F)c(Cl)c1. The first kappa shape index (κ1) is 19.1. The Labute approximate surface area is 161 Å². The molecule has 1 aliphatic rings. The summed E-state index contributed by atoms with van der Waals surface area (Å²) in [7, 11) is 0. The van der Waals surface area contributed by atoms with E-state index in [9.17, 15) is 14.0 Å². The van der Waals surface area contributed by atoms with E-state index >= 15 is 0 Å². The van der Waals surface area contributed by atoms with E-state index < -0.39 is 17.6 Å². The molecular weight excluding hydrogens is 371 g/mol. The Bertz CT molecular complexity index is 811. The number of halogens is 2. The fourth-order valence-corrected chi connectivity index (χ4v) is 3.17. The molecule has 1 aromatic carbocycles. The van der Waals surface area contributed by atoms with Crippen LogP contribution in [0, 0.1) is 11.7 Å². The molecule has 2 heterocycles. The highest BCUT2D eigenvalue weighted by atomic mass is 35.5. The largest absolute Gasteiger partial charge is 0.357 e. The first-order valence-electron chi connectivity index (χ1n) is 8.73. The van der Waals surface area contributed by atoms with E-state index in [4.69, 9.17) is 11.6 Å². The van der Waals surface area contributed by atoms with Crippen molar-refractivity contribution in [2.75, 3.05) is 29.9 Å². The fourth-order valence-electron chi connectivity index (χ4n) is 2.99. The van der Waals surface area contributed by atoms with Crippen LogP contribution in [0.4, 0.5) is 15.9 Å². The molecule has 6 nitrogen and oxygen atoms in total. The lowest BCUT2D eigenvalue weighted by Crippen LogP contribution is -2.42. The third kappa shape index (κ3) is 5.17. The van der Waals surface area contributed by atoms with Gasteiger partial charge in [0.05, 0.1) is 5.02 Å². The number of aromatic nitrogens is 1. The molecule has 3 rings (SSSR count). The summed E-state index contributed by atoms with van der Waals surface area (Å²) in [6.07, 6.45) is 3.59. The maximum Gasteiger partial charge on any atom is 0.313 e. The number of rotatable bonds is 4. The van der Waals surface area contributed by atoms with Crippen LogP contribution in [-0.4, -0.2) is 36.4 Å². The monoisotopic (exact) mass is 390 g/mol. The molecule has 2 amide bonds. The molecule has 2 N–H and O–H groups in total. The number of benzene rings is 1. The Morgan fingerprint density at radius 2 is 1.96 bits per heavy atom. The molecule has 0 saturated carbocycles. The lowest BCUT2D eigenvalue weighted by Gasteiger charge is -2.32. The average Bonchev–Trinajstić information content (AvgIpc) is 2.70. The zero-order valence-electron chi connectivity index (χ0n) is 14.6. The van der Waals surface area contributed by atoms with Crippen LogP contribution in [-0.2, 0) is 9.59 Å². The number of nitrogens with zero attached hydrogens (tertiary/aromatic N) is 2. The summed E-state index contributed by atoms with van der Waals surface area (Å²) in [5.41, 5.74) is 0.269. The maximum absolute atomic E-state index is 13.1. The molecule has 2 aromatic rings. The van der Waals surface area contributed by atoms with Crippen molar-refractivity contribution in [2.24, 2.45) is 5.92 Å². The van der Waals surface area contributed by atoms with Gasteiger partial charge in [-0.05, 0) is 49.1 Å². The van der Waals surface area contributed by atoms with E-state index in [1.165, 1.54) is 12.1 Å². The molecular formula is C19H20ClFN4O2. The van der Waals surface area contributed by atoms with Crippen LogP contribution in [0.15, 0.2) is 42.6 Å². The molecule has 0 aliphatic carbocycles. The summed E-state index contributed by atoms with van der Waals surface area (Å²) < 4.78 is 13.1. The Hall–Kier alpha value is -2.67. The van der Waals surface area contributed by atoms with Gasteiger partial charge in [0.15, 0.2) is 0 Å². The summed E-state index contributed by atoms with van der Waals surface area (Å²) >= 11 is 5.66. The molecule has 1 fully saturated rings. The minimum absolute atomic E-state index is 0.118. The molecule has 0 bridgehead atoms. The van der Waals surface area contributed by atoms with Crippen LogP contribution in [0.1, 0.15) is 12.8 Å². The number of nitrogens with one attached hydrogen (secondary N) is 2. The first-order chi connectivity index (χ1) is 13.0. The van der Waals surface area contributed by atoms with Crippen molar-refractivity contribution in [1.82, 2.24) is 10.3 Å². The van der Waals surface area contributed by atoms with Crippen molar-refractivity contribution in [2.45, 2.75) is 12.8 Å². The summed E-state index contributed by atoms with van der Waals surface area (Å²) in [4.78, 5) is 30.5. The maximum atomic E-state index is 13.1. The van der Waals surface area contributed by atoms with Gasteiger partial charge < -0.3 is 15.5 Å². The van der Waals surface area contributed by atoms with Crippen LogP contribution in [0.3, 0.4) is 0 Å². The lowest BCUT2D eigenvalue weighted by molar-refractivity contribution is -0.136. The van der Waals surface area contributed by atoms with Gasteiger partial charge in [-0.2, -0.15) is 0 Å². The predicted molar refractivity (Wildman–Crippen MR) is 102 cm³/mol. The van der Waals surface area contributed by atoms with Gasteiger partial charge in [-0.25, -0.2) is 9.37 Å². The summed E-state index contributed by atoms with van der Waals surface area (Å²) in [6.45, 7) is 2.15. The number of anilines is 2. The highest BCUT2D eigenvalue weighted by Crippen LogP contribution is 2.21. The van der Waals surface area contributed by atoms with Crippen molar-refractivity contribution in [3.8, 4) is 0 Å². The molecule has 8 heteroatoms. The smallest absolute Gasteiger partial charge is 0.313 e. The van der Waals surface area contributed by atoms with Crippen molar-refractivity contribution in [3.63, 3.8) is 0 Å². The Morgan fingerprint density at radius 1 is 1.19 bits per heavy atom. The fraction of sp³-hybridized carbons (Fsp3) is 0.316. The second-order valence-electron chi connectivity index (χ2n) is 6.41. The summed E-state index contributed by atoms with van der Waals surface area (Å²) in [5.74, 6) is -0.846. The molecule has 0 atom stereocenters. The van der Waals surface area contributed by atoms with Crippen LogP contribution in [0.5, 0.6) is 0 Å². The molecule has 0 radical (unpaired) electrons. The number of amides is 2. The Balaban J connectivity index is 1.42. The van der Waals surface area contributed by atoms with E-state index in [0.717, 1.165) is 37.8 Å². The Kier molecular flexibility index (Phi) is 6.24. The third-order valence-corrected chi connectivity index (χ3v) is 4.81. The molecule has 1 aliphatic heterocycles. The second-order valence-corrected chi connectivity index (χ2v) is 6.82. The first-order valence-corrected chi connectivity index (χ1v) is 9.11. The molecule has 1 saturated heterocycles. The average molecular weight is 391 g/mol. The van der Waals surface area contributed by atoms with Gasteiger partial charge in [-0.3, -0.25) is 9.59 Å². The van der Waals surface area contributed by atoms with E-state index in [2.05, 4.69) is 20.5 Å². The number of hydrogen-bond donors (Lipinski definition) is 2. The highest BCUT2D eigenvalue weighted by molar-refractivity contribution is 6.39. The molecule has 0 unspecified atom stereocenters. The molecule has 1 aromatic heterocycles. The van der Waals surface area contributed by atoms with Crippen molar-refractivity contribution < 1.29 is 14.0 Å². The van der Waals surface area contributed by atoms with Crippen LogP contribution in [0.25, 0.3) is 0 Å². The highest BCUT2D eigenvalue weighted by Gasteiger charge is 2.22. The van der Waals surface area contributed by atoms with Gasteiger partial charge in [0.25, 0.3) is 0 Å². The summed E-state index contributed by atoms with van der Waals surface area (Å²) in [5, 5.41) is 4.95. The van der Waals surface area contributed by atoms with Gasteiger partial charge in [0.1, 0.15) is 11.6 Å². The zero-order valence-corrected chi connectivity index (χ0v) is 15.4. The number of hydrogen-bond acceptors (Lipinski definition) is 4. The third-order valence-electron chi connectivity index (χ3n) is 4.52. The Morgan fingerprint density at radius 3 is 2.63 bits per heavy atom. The van der Waals surface area contributed by atoms with Crippen LogP contribution in [0.2, 0.25) is 5.02 Å². The van der Waals surface area contributed by atoms with Crippen LogP contribution >= 0.6 is 11.6 Å². The topological polar surface area (TPSA) is 74.3 Å². The minimum atomic E-state index is -0.802. The van der Waals surface area contributed by atoms with Crippen LogP contribution < -0.4 is 15.5 Å². The minimum Gasteiger partial charge on any atom is -0.357 e. The lowest BCUT2D eigenvalue weighted by atomic mass is 9.97. The summed E-state index contributed by atoms with van der Waals surface area (Å²) in [6, 6.07) is 9.56. The van der Waals surface area contributed by atoms with Gasteiger partial charge in [-0.1, -0.05) is 17.7 Å². The van der Waals surface area contributed by atoms with E-state index in [0.29, 0.717) is 12.5 Å². The number of piperidine rings is 1. The van der Waals surface area contributed by atoms with Gasteiger partial charge in [0.2, 0.25) is 0 Å². The van der Waals surface area contributed by atoms with Crippen molar-refractivity contribution >= 4 is 34.9 Å². The van der Waals surface area contributed by atoms with E-state index in [1.807, 2.05) is 18.2 Å². The standard InChI is InChI=1S/C19H20ClFN4O2/c20-15-11-14(4-5-16(15)21)24-19(27)18(26)23-12-13-6-9-25(10-7-13)17-3-1-2-8-22-17/h1-5,8,11,13H,6-7,9-10,12H2,(H,23,26)(H,24,27).